The molecule has 0 saturated heterocycles. The van der Waals surface area contributed by atoms with Crippen LogP contribution in [0.15, 0.2) is 66.1 Å². The smallest absolute Gasteiger partial charge is 0.237 e. The lowest BCUT2D eigenvalue weighted by Crippen LogP contribution is -2.22. The van der Waals surface area contributed by atoms with Gasteiger partial charge in [0.05, 0.1) is 10.9 Å². The Hall–Kier alpha value is -2.67. The second-order valence-electron chi connectivity index (χ2n) is 5.05. The number of nitrogens with one attached hydrogen (secondary N) is 1. The molecule has 24 heavy (non-hydrogen) atoms. The van der Waals surface area contributed by atoms with Gasteiger partial charge in [0.25, 0.3) is 0 Å². The van der Waals surface area contributed by atoms with Crippen molar-refractivity contribution in [1.82, 2.24) is 14.8 Å². The van der Waals surface area contributed by atoms with Crippen molar-refractivity contribution in [3.63, 3.8) is 0 Å². The van der Waals surface area contributed by atoms with Gasteiger partial charge >= 0.3 is 0 Å². The van der Waals surface area contributed by atoms with Crippen molar-refractivity contribution in [2.75, 3.05) is 5.32 Å². The van der Waals surface area contributed by atoms with Crippen LogP contribution in [0.1, 0.15) is 6.92 Å². The zero-order chi connectivity index (χ0) is 16.9. The van der Waals surface area contributed by atoms with Gasteiger partial charge in [-0.25, -0.2) is 4.39 Å². The normalized spacial score (nSPS) is 11.9. The van der Waals surface area contributed by atoms with E-state index in [1.54, 1.807) is 25.1 Å². The molecule has 5 nitrogen and oxygen atoms in total. The Balaban J connectivity index is 1.74. The third-order valence-corrected chi connectivity index (χ3v) is 4.38. The van der Waals surface area contributed by atoms with Gasteiger partial charge in [0.1, 0.15) is 12.1 Å². The number of carbonyl (C=O) groups is 1. The largest absolute Gasteiger partial charge is 0.325 e. The quantitative estimate of drug-likeness (QED) is 0.721. The molecule has 0 fully saturated rings. The van der Waals surface area contributed by atoms with E-state index in [1.165, 1.54) is 28.7 Å². The number of benzene rings is 2. The molecule has 0 aliphatic rings. The number of para-hydroxylation sites is 2. The minimum absolute atomic E-state index is 0.158. The van der Waals surface area contributed by atoms with Crippen LogP contribution in [-0.4, -0.2) is 25.9 Å². The van der Waals surface area contributed by atoms with Crippen LogP contribution >= 0.6 is 11.8 Å². The Morgan fingerprint density at radius 1 is 1.17 bits per heavy atom. The number of carbonyl (C=O) groups excluding carboxylic acids is 1. The summed E-state index contributed by atoms with van der Waals surface area (Å²) in [6.45, 7) is 1.77. The van der Waals surface area contributed by atoms with Crippen LogP contribution in [0, 0.1) is 5.82 Å². The minimum Gasteiger partial charge on any atom is -0.325 e. The van der Waals surface area contributed by atoms with E-state index in [1.807, 2.05) is 30.3 Å². The molecule has 1 N–H and O–H groups in total. The highest BCUT2D eigenvalue weighted by atomic mass is 32.2. The number of hydrogen-bond donors (Lipinski definition) is 1. The fourth-order valence-electron chi connectivity index (χ4n) is 2.09. The number of halogens is 1. The van der Waals surface area contributed by atoms with E-state index in [-0.39, 0.29) is 11.7 Å². The van der Waals surface area contributed by atoms with Crippen molar-refractivity contribution in [2.24, 2.45) is 0 Å². The van der Waals surface area contributed by atoms with Crippen LogP contribution < -0.4 is 5.32 Å². The highest BCUT2D eigenvalue weighted by Gasteiger charge is 2.19. The number of amides is 1. The summed E-state index contributed by atoms with van der Waals surface area (Å²) in [6, 6.07) is 15.6. The lowest BCUT2D eigenvalue weighted by molar-refractivity contribution is -0.115. The molecule has 3 rings (SSSR count). The fraction of sp³-hybridized carbons (Fsp3) is 0.118. The Kier molecular flexibility index (Phi) is 4.90. The number of aromatic nitrogens is 3. The first-order chi connectivity index (χ1) is 11.6. The molecule has 2 aromatic carbocycles. The zero-order valence-electron chi connectivity index (χ0n) is 12.9. The first-order valence-electron chi connectivity index (χ1n) is 7.32. The predicted molar refractivity (Wildman–Crippen MR) is 91.7 cm³/mol. The molecule has 3 aromatic rings. The molecular formula is C17H15FN4OS. The van der Waals surface area contributed by atoms with Gasteiger partial charge in [-0.2, -0.15) is 0 Å². The van der Waals surface area contributed by atoms with Gasteiger partial charge in [-0.05, 0) is 31.2 Å². The number of thioether (sulfide) groups is 1. The molecular weight excluding hydrogens is 327 g/mol. The summed E-state index contributed by atoms with van der Waals surface area (Å²) in [7, 11) is 0. The summed E-state index contributed by atoms with van der Waals surface area (Å²) in [4.78, 5) is 12.3. The highest BCUT2D eigenvalue weighted by Crippen LogP contribution is 2.25. The topological polar surface area (TPSA) is 59.8 Å². The van der Waals surface area contributed by atoms with Crippen LogP contribution in [0.4, 0.5) is 10.1 Å². The van der Waals surface area contributed by atoms with Crippen LogP contribution in [0.2, 0.25) is 0 Å². The molecule has 1 aromatic heterocycles. The Morgan fingerprint density at radius 3 is 2.62 bits per heavy atom. The van der Waals surface area contributed by atoms with Crippen LogP contribution in [0.3, 0.4) is 0 Å². The predicted octanol–water partition coefficient (Wildman–Crippen LogP) is 3.53. The first-order valence-corrected chi connectivity index (χ1v) is 8.20. The lowest BCUT2D eigenvalue weighted by atomic mass is 10.3. The van der Waals surface area contributed by atoms with Gasteiger partial charge in [0, 0.05) is 5.69 Å². The van der Waals surface area contributed by atoms with Gasteiger partial charge < -0.3 is 5.32 Å². The van der Waals surface area contributed by atoms with E-state index in [9.17, 15) is 9.18 Å². The molecule has 1 amide bonds. The molecule has 0 aliphatic heterocycles. The molecule has 0 spiro atoms. The Bertz CT molecular complexity index is 837. The van der Waals surface area contributed by atoms with E-state index >= 15 is 0 Å². The van der Waals surface area contributed by atoms with Crippen LogP contribution in [0.25, 0.3) is 5.69 Å². The monoisotopic (exact) mass is 342 g/mol. The molecule has 1 atom stereocenters. The van der Waals surface area contributed by atoms with E-state index in [0.717, 1.165) is 5.69 Å². The number of nitrogens with zero attached hydrogens (tertiary/aromatic N) is 3. The second-order valence-corrected chi connectivity index (χ2v) is 6.36. The van der Waals surface area contributed by atoms with Crippen molar-refractivity contribution in [2.45, 2.75) is 17.3 Å². The van der Waals surface area contributed by atoms with Gasteiger partial charge in [-0.15, -0.1) is 10.2 Å². The van der Waals surface area contributed by atoms with E-state index in [0.29, 0.717) is 10.8 Å². The van der Waals surface area contributed by atoms with Crippen LogP contribution in [0.5, 0.6) is 0 Å². The first kappa shape index (κ1) is 16.2. The number of rotatable bonds is 5. The summed E-state index contributed by atoms with van der Waals surface area (Å²) in [5.41, 5.74) is 1.08. The third-order valence-electron chi connectivity index (χ3n) is 3.32. The average Bonchev–Trinajstić information content (AvgIpc) is 3.04. The van der Waals surface area contributed by atoms with Crippen molar-refractivity contribution >= 4 is 23.4 Å². The van der Waals surface area contributed by atoms with Gasteiger partial charge in [-0.1, -0.05) is 42.1 Å². The number of hydrogen-bond acceptors (Lipinski definition) is 4. The number of anilines is 1. The van der Waals surface area contributed by atoms with Gasteiger partial charge in [0.2, 0.25) is 5.91 Å². The zero-order valence-corrected chi connectivity index (χ0v) is 13.7. The maximum atomic E-state index is 14.0. The Labute approximate surface area is 142 Å². The molecule has 0 radical (unpaired) electrons. The molecule has 0 saturated carbocycles. The SMILES string of the molecule is C[C@@H](Sc1nncn1-c1ccccc1F)C(=O)Nc1ccccc1. The maximum Gasteiger partial charge on any atom is 0.237 e. The molecule has 0 unspecified atom stereocenters. The van der Waals surface area contributed by atoms with Crippen molar-refractivity contribution < 1.29 is 9.18 Å². The minimum atomic E-state index is -0.417. The fourth-order valence-corrected chi connectivity index (χ4v) is 2.93. The summed E-state index contributed by atoms with van der Waals surface area (Å²) in [5, 5.41) is 10.7. The average molecular weight is 342 g/mol. The highest BCUT2D eigenvalue weighted by molar-refractivity contribution is 8.00. The second kappa shape index (κ2) is 7.27. The van der Waals surface area contributed by atoms with E-state index in [4.69, 9.17) is 0 Å². The summed E-state index contributed by atoms with van der Waals surface area (Å²) >= 11 is 1.22. The third kappa shape index (κ3) is 3.62. The van der Waals surface area contributed by atoms with Gasteiger partial charge in [-0.3, -0.25) is 9.36 Å². The van der Waals surface area contributed by atoms with Crippen molar-refractivity contribution in [3.05, 3.63) is 66.7 Å². The summed E-state index contributed by atoms with van der Waals surface area (Å²) in [5.74, 6) is -0.533. The standard InChI is InChI=1S/C17H15FN4OS/c1-12(16(23)20-13-7-3-2-4-8-13)24-17-21-19-11-22(17)15-10-6-5-9-14(15)18/h2-12H,1H3,(H,20,23)/t12-/m1/s1. The van der Waals surface area contributed by atoms with Crippen molar-refractivity contribution in [3.8, 4) is 5.69 Å². The lowest BCUT2D eigenvalue weighted by Gasteiger charge is -2.12. The molecule has 1 heterocycles. The van der Waals surface area contributed by atoms with Crippen LogP contribution in [-0.2, 0) is 4.79 Å². The molecule has 0 bridgehead atoms. The van der Waals surface area contributed by atoms with E-state index in [2.05, 4.69) is 15.5 Å². The Morgan fingerprint density at radius 2 is 1.88 bits per heavy atom. The maximum absolute atomic E-state index is 14.0. The summed E-state index contributed by atoms with van der Waals surface area (Å²) in [6.07, 6.45) is 1.43. The van der Waals surface area contributed by atoms with Gasteiger partial charge in [0.15, 0.2) is 5.16 Å². The molecule has 7 heteroatoms. The summed E-state index contributed by atoms with van der Waals surface area (Å²) < 4.78 is 15.5. The van der Waals surface area contributed by atoms with Crippen molar-refractivity contribution in [1.29, 1.82) is 0 Å². The van der Waals surface area contributed by atoms with E-state index < -0.39 is 5.25 Å². The molecule has 122 valence electrons. The molecule has 0 aliphatic carbocycles.